The molecule has 0 aliphatic rings. The predicted molar refractivity (Wildman–Crippen MR) is 61.3 cm³/mol. The summed E-state index contributed by atoms with van der Waals surface area (Å²) in [6.45, 7) is 3.51. The minimum Gasteiger partial charge on any atom is -0.480 e. The summed E-state index contributed by atoms with van der Waals surface area (Å²) in [4.78, 5) is 27.9. The van der Waals surface area contributed by atoms with E-state index in [-0.39, 0.29) is 12.3 Å². The summed E-state index contributed by atoms with van der Waals surface area (Å²) in [5.41, 5.74) is -1.19. The number of hydrogen-bond donors (Lipinski definition) is 1. The van der Waals surface area contributed by atoms with E-state index in [1.54, 1.807) is 23.3 Å². The van der Waals surface area contributed by atoms with Gasteiger partial charge in [0.15, 0.2) is 0 Å². The van der Waals surface area contributed by atoms with Gasteiger partial charge in [0.25, 0.3) is 0 Å². The van der Waals surface area contributed by atoms with Crippen LogP contribution in [0.2, 0.25) is 0 Å². The number of likely N-dealkylation sites (N-methyl/N-ethyl adjacent to an activating group) is 1. The van der Waals surface area contributed by atoms with Gasteiger partial charge in [0, 0.05) is 32.4 Å². The maximum Gasteiger partial charge on any atom is 0.329 e. The lowest BCUT2D eigenvalue weighted by Crippen LogP contribution is -2.50. The van der Waals surface area contributed by atoms with Crippen LogP contribution in [0.1, 0.15) is 20.3 Å². The molecule has 0 bridgehead atoms. The van der Waals surface area contributed by atoms with Crippen molar-refractivity contribution in [3.05, 3.63) is 18.7 Å². The molecule has 1 N–H and O–H groups in total. The smallest absolute Gasteiger partial charge is 0.329 e. The predicted octanol–water partition coefficient (Wildman–Crippen LogP) is 0.595. The van der Waals surface area contributed by atoms with Gasteiger partial charge >= 0.3 is 5.97 Å². The second-order valence-electron chi connectivity index (χ2n) is 4.37. The normalized spacial score (nSPS) is 11.2. The van der Waals surface area contributed by atoms with Gasteiger partial charge in [0.05, 0.1) is 6.33 Å². The largest absolute Gasteiger partial charge is 0.480 e. The Morgan fingerprint density at radius 3 is 2.59 bits per heavy atom. The van der Waals surface area contributed by atoms with Crippen molar-refractivity contribution in [1.29, 1.82) is 0 Å². The van der Waals surface area contributed by atoms with Crippen LogP contribution in [0.3, 0.4) is 0 Å². The Morgan fingerprint density at radius 2 is 2.12 bits per heavy atom. The first-order valence-corrected chi connectivity index (χ1v) is 5.31. The molecule has 0 aliphatic carbocycles. The van der Waals surface area contributed by atoms with Gasteiger partial charge in [-0.3, -0.25) is 4.79 Å². The van der Waals surface area contributed by atoms with Crippen molar-refractivity contribution in [2.24, 2.45) is 0 Å². The molecule has 1 amide bonds. The summed E-state index contributed by atoms with van der Waals surface area (Å²) >= 11 is 0. The SMILES string of the molecule is CN(C(=O)CCn1ccnc1)C(C)(C)C(=O)O. The highest BCUT2D eigenvalue weighted by Crippen LogP contribution is 2.13. The average molecular weight is 239 g/mol. The van der Waals surface area contributed by atoms with Gasteiger partial charge in [-0.1, -0.05) is 0 Å². The van der Waals surface area contributed by atoms with Gasteiger partial charge in [-0.2, -0.15) is 0 Å². The lowest BCUT2D eigenvalue weighted by molar-refractivity contribution is -0.155. The zero-order valence-electron chi connectivity index (χ0n) is 10.3. The van der Waals surface area contributed by atoms with E-state index in [4.69, 9.17) is 5.11 Å². The summed E-state index contributed by atoms with van der Waals surface area (Å²) in [5, 5.41) is 9.00. The molecule has 1 aromatic rings. The van der Waals surface area contributed by atoms with Crippen LogP contribution >= 0.6 is 0 Å². The standard InChI is InChI=1S/C11H17N3O3/c1-11(2,10(16)17)13(3)9(15)4-6-14-7-5-12-8-14/h5,7-8H,4,6H2,1-3H3,(H,16,17). The number of aromatic nitrogens is 2. The summed E-state index contributed by atoms with van der Waals surface area (Å²) in [6.07, 6.45) is 5.27. The molecule has 6 nitrogen and oxygen atoms in total. The number of amides is 1. The molecule has 0 atom stereocenters. The molecular formula is C11H17N3O3. The van der Waals surface area contributed by atoms with Crippen LogP contribution in [0.15, 0.2) is 18.7 Å². The van der Waals surface area contributed by atoms with Crippen LogP contribution in [0.25, 0.3) is 0 Å². The van der Waals surface area contributed by atoms with E-state index in [9.17, 15) is 9.59 Å². The molecule has 17 heavy (non-hydrogen) atoms. The van der Waals surface area contributed by atoms with Gasteiger partial charge in [-0.15, -0.1) is 0 Å². The summed E-state index contributed by atoms with van der Waals surface area (Å²) in [7, 11) is 1.50. The van der Waals surface area contributed by atoms with Crippen molar-refractivity contribution in [2.45, 2.75) is 32.4 Å². The third-order valence-corrected chi connectivity index (χ3v) is 2.88. The number of aryl methyl sites for hydroxylation is 1. The van der Waals surface area contributed by atoms with Crippen molar-refractivity contribution in [3.63, 3.8) is 0 Å². The molecule has 0 aliphatic heterocycles. The Morgan fingerprint density at radius 1 is 1.47 bits per heavy atom. The van der Waals surface area contributed by atoms with E-state index < -0.39 is 11.5 Å². The monoisotopic (exact) mass is 239 g/mol. The molecule has 1 aromatic heterocycles. The molecule has 0 unspecified atom stereocenters. The molecule has 0 saturated carbocycles. The van der Waals surface area contributed by atoms with Crippen molar-refractivity contribution in [2.75, 3.05) is 7.05 Å². The molecule has 0 spiro atoms. The quantitative estimate of drug-likeness (QED) is 0.816. The van der Waals surface area contributed by atoms with E-state index >= 15 is 0 Å². The minimum absolute atomic E-state index is 0.203. The highest BCUT2D eigenvalue weighted by molar-refractivity contribution is 5.86. The second-order valence-corrected chi connectivity index (χ2v) is 4.37. The first-order valence-electron chi connectivity index (χ1n) is 5.31. The molecule has 0 aromatic carbocycles. The molecule has 0 saturated heterocycles. The molecular weight excluding hydrogens is 222 g/mol. The van der Waals surface area contributed by atoms with Gasteiger partial charge in [0.2, 0.25) is 5.91 Å². The fourth-order valence-corrected chi connectivity index (χ4v) is 1.27. The highest BCUT2D eigenvalue weighted by Gasteiger charge is 2.34. The summed E-state index contributed by atoms with van der Waals surface area (Å²) in [6, 6.07) is 0. The van der Waals surface area contributed by atoms with E-state index in [0.717, 1.165) is 0 Å². The Kier molecular flexibility index (Phi) is 3.88. The maximum atomic E-state index is 11.8. The Hall–Kier alpha value is -1.85. The van der Waals surface area contributed by atoms with Crippen molar-refractivity contribution in [1.82, 2.24) is 14.5 Å². The molecule has 1 heterocycles. The number of carboxylic acid groups (broad SMARTS) is 1. The van der Waals surface area contributed by atoms with Gasteiger partial charge < -0.3 is 14.6 Å². The average Bonchev–Trinajstić information content (AvgIpc) is 2.77. The number of aliphatic carboxylic acids is 1. The third-order valence-electron chi connectivity index (χ3n) is 2.88. The number of rotatable bonds is 5. The Balaban J connectivity index is 2.56. The third kappa shape index (κ3) is 3.05. The van der Waals surface area contributed by atoms with E-state index in [1.807, 2.05) is 0 Å². The summed E-state index contributed by atoms with van der Waals surface area (Å²) in [5.74, 6) is -1.22. The van der Waals surface area contributed by atoms with Gasteiger partial charge in [0.1, 0.15) is 5.54 Å². The van der Waals surface area contributed by atoms with Crippen LogP contribution in [-0.2, 0) is 16.1 Å². The van der Waals surface area contributed by atoms with E-state index in [2.05, 4.69) is 4.98 Å². The zero-order chi connectivity index (χ0) is 13.1. The number of carboxylic acids is 1. The van der Waals surface area contributed by atoms with Crippen LogP contribution in [0.4, 0.5) is 0 Å². The molecule has 94 valence electrons. The van der Waals surface area contributed by atoms with Gasteiger partial charge in [-0.25, -0.2) is 9.78 Å². The number of nitrogens with zero attached hydrogens (tertiary/aromatic N) is 3. The number of carbonyl (C=O) groups excluding carboxylic acids is 1. The van der Waals surface area contributed by atoms with Crippen molar-refractivity contribution >= 4 is 11.9 Å². The first kappa shape index (κ1) is 13.2. The van der Waals surface area contributed by atoms with E-state index in [1.165, 1.54) is 25.8 Å². The van der Waals surface area contributed by atoms with Crippen LogP contribution in [0, 0.1) is 0 Å². The van der Waals surface area contributed by atoms with E-state index in [0.29, 0.717) is 6.54 Å². The van der Waals surface area contributed by atoms with Crippen LogP contribution < -0.4 is 0 Å². The summed E-state index contributed by atoms with van der Waals surface area (Å²) < 4.78 is 1.78. The lowest BCUT2D eigenvalue weighted by Gasteiger charge is -2.31. The zero-order valence-corrected chi connectivity index (χ0v) is 10.3. The Labute approximate surface area is 99.9 Å². The molecule has 0 radical (unpaired) electrons. The molecule has 6 heteroatoms. The second kappa shape index (κ2) is 4.99. The molecule has 1 rings (SSSR count). The number of imidazole rings is 1. The van der Waals surface area contributed by atoms with Gasteiger partial charge in [-0.05, 0) is 13.8 Å². The minimum atomic E-state index is -1.19. The fourth-order valence-electron chi connectivity index (χ4n) is 1.27. The number of carbonyl (C=O) groups is 2. The Bertz CT molecular complexity index is 398. The van der Waals surface area contributed by atoms with Crippen molar-refractivity contribution in [3.8, 4) is 0 Å². The number of hydrogen-bond acceptors (Lipinski definition) is 3. The first-order chi connectivity index (χ1) is 7.85. The fraction of sp³-hybridized carbons (Fsp3) is 0.545. The topological polar surface area (TPSA) is 75.4 Å². The van der Waals surface area contributed by atoms with Crippen molar-refractivity contribution < 1.29 is 14.7 Å². The van der Waals surface area contributed by atoms with Crippen LogP contribution in [-0.4, -0.2) is 44.0 Å². The maximum absolute atomic E-state index is 11.8. The lowest BCUT2D eigenvalue weighted by atomic mass is 10.0. The van der Waals surface area contributed by atoms with Crippen LogP contribution in [0.5, 0.6) is 0 Å². The highest BCUT2D eigenvalue weighted by atomic mass is 16.4. The molecule has 0 fully saturated rings.